The summed E-state index contributed by atoms with van der Waals surface area (Å²) in [6, 6.07) is 12.0. The van der Waals surface area contributed by atoms with Crippen LogP contribution >= 0.6 is 31.9 Å². The molecule has 44 heavy (non-hydrogen) atoms. The topological polar surface area (TPSA) is 88.3 Å². The average Bonchev–Trinajstić information content (AvgIpc) is 3.30. The molecular formula is C34H37Br2N2O6+. The van der Waals surface area contributed by atoms with Gasteiger partial charge in [0.2, 0.25) is 18.0 Å². The largest absolute Gasteiger partial charge is 0.506 e. The number of Topliss-reactive ketones (excluding diaryl/α,β-unsaturated/α-hetero) is 1. The number of anilines is 1. The summed E-state index contributed by atoms with van der Waals surface area (Å²) in [6.07, 6.45) is 3.50. The van der Waals surface area contributed by atoms with Crippen molar-refractivity contribution in [2.24, 2.45) is 0 Å². The number of aliphatic hydroxyl groups excluding tert-OH is 1. The number of allylic oxidation sites excluding steroid dienone is 5. The number of nitrogens with zero attached hydrogens (tertiary/aromatic N) is 2. The molecule has 2 heterocycles. The first-order chi connectivity index (χ1) is 20.8. The van der Waals surface area contributed by atoms with Gasteiger partial charge in [-0.3, -0.25) is 4.79 Å². The van der Waals surface area contributed by atoms with Crippen molar-refractivity contribution in [1.29, 1.82) is 0 Å². The summed E-state index contributed by atoms with van der Waals surface area (Å²) in [5.74, 6) is -0.703. The number of hydrogen-bond acceptors (Lipinski definition) is 7. The van der Waals surface area contributed by atoms with Crippen LogP contribution < -0.4 is 4.90 Å². The van der Waals surface area contributed by atoms with E-state index >= 15 is 0 Å². The number of ether oxygens (including phenoxy) is 1. The second-order valence-corrected chi connectivity index (χ2v) is 13.7. The van der Waals surface area contributed by atoms with Crippen molar-refractivity contribution < 1.29 is 33.8 Å². The van der Waals surface area contributed by atoms with Crippen LogP contribution in [0.25, 0.3) is 0 Å². The van der Waals surface area contributed by atoms with E-state index < -0.39 is 10.8 Å². The van der Waals surface area contributed by atoms with Crippen molar-refractivity contribution in [1.82, 2.24) is 0 Å². The minimum atomic E-state index is -0.548. The fourth-order valence-electron chi connectivity index (χ4n) is 6.22. The number of halogens is 2. The van der Waals surface area contributed by atoms with Crippen LogP contribution in [0, 0.1) is 0 Å². The zero-order valence-electron chi connectivity index (χ0n) is 25.8. The highest BCUT2D eigenvalue weighted by Crippen LogP contribution is 2.50. The third-order valence-corrected chi connectivity index (χ3v) is 9.45. The molecular weight excluding hydrogens is 692 g/mol. The lowest BCUT2D eigenvalue weighted by molar-refractivity contribution is -0.428. The van der Waals surface area contributed by atoms with Crippen LogP contribution in [0.4, 0.5) is 11.4 Å². The Kier molecular flexibility index (Phi) is 9.11. The molecule has 0 spiro atoms. The molecule has 2 aromatic carbocycles. The van der Waals surface area contributed by atoms with Gasteiger partial charge in [0.15, 0.2) is 5.71 Å². The molecule has 0 amide bonds. The number of carbonyl (C=O) groups excluding carboxylic acids is 2. The highest BCUT2D eigenvalue weighted by molar-refractivity contribution is 9.10. The highest BCUT2D eigenvalue weighted by Gasteiger charge is 2.48. The molecule has 2 aromatic rings. The predicted octanol–water partition coefficient (Wildman–Crippen LogP) is 7.12. The number of ketones is 1. The summed E-state index contributed by atoms with van der Waals surface area (Å²) >= 11 is 7.16. The summed E-state index contributed by atoms with van der Waals surface area (Å²) in [5.41, 5.74) is 5.02. The van der Waals surface area contributed by atoms with E-state index in [0.29, 0.717) is 19.8 Å². The maximum absolute atomic E-state index is 13.7. The van der Waals surface area contributed by atoms with Crippen LogP contribution in [-0.2, 0) is 34.9 Å². The Labute approximate surface area is 274 Å². The number of rotatable bonds is 10. The molecule has 3 aliphatic rings. The lowest BCUT2D eigenvalue weighted by Crippen LogP contribution is -2.33. The lowest BCUT2D eigenvalue weighted by atomic mass is 9.77. The summed E-state index contributed by atoms with van der Waals surface area (Å²) in [5, 5.41) is 11.4. The van der Waals surface area contributed by atoms with Crippen molar-refractivity contribution in [2.75, 3.05) is 37.8 Å². The second-order valence-electron chi connectivity index (χ2n) is 11.9. The first kappa shape index (κ1) is 32.3. The van der Waals surface area contributed by atoms with E-state index in [1.54, 1.807) is 19.1 Å². The van der Waals surface area contributed by atoms with Crippen LogP contribution in [0.1, 0.15) is 52.7 Å². The van der Waals surface area contributed by atoms with Crippen molar-refractivity contribution in [3.05, 3.63) is 91.2 Å². The summed E-state index contributed by atoms with van der Waals surface area (Å²) in [6.45, 7) is 13.4. The maximum atomic E-state index is 13.7. The van der Waals surface area contributed by atoms with E-state index in [1.807, 2.05) is 55.7 Å². The summed E-state index contributed by atoms with van der Waals surface area (Å²) in [4.78, 5) is 38.9. The average molecular weight is 729 g/mol. The smallest absolute Gasteiger partial charge is 0.372 e. The van der Waals surface area contributed by atoms with Gasteiger partial charge in [-0.15, -0.1) is 0 Å². The molecule has 8 nitrogen and oxygen atoms in total. The number of carbonyl (C=O) groups is 2. The van der Waals surface area contributed by atoms with E-state index in [1.165, 1.54) is 0 Å². The summed E-state index contributed by atoms with van der Waals surface area (Å²) < 4.78 is 9.00. The van der Waals surface area contributed by atoms with Crippen LogP contribution in [0.2, 0.25) is 0 Å². The number of hydrogen-bond donors (Lipinski definition) is 1. The molecule has 0 saturated heterocycles. The number of fused-ring (bicyclic) bond motifs is 2. The van der Waals surface area contributed by atoms with E-state index in [9.17, 15) is 14.7 Å². The molecule has 0 bridgehead atoms. The number of benzene rings is 2. The molecule has 2 aliphatic heterocycles. The normalized spacial score (nSPS) is 20.0. The van der Waals surface area contributed by atoms with Gasteiger partial charge < -0.3 is 14.7 Å². The van der Waals surface area contributed by atoms with Crippen LogP contribution in [-0.4, -0.2) is 60.1 Å². The third-order valence-electron chi connectivity index (χ3n) is 8.46. The van der Waals surface area contributed by atoms with Gasteiger partial charge in [-0.1, -0.05) is 45.7 Å². The Bertz CT molecular complexity index is 1670. The number of aliphatic hydroxyl groups is 1. The zero-order chi connectivity index (χ0) is 32.0. The molecule has 0 atom stereocenters. The van der Waals surface area contributed by atoms with E-state index in [-0.39, 0.29) is 41.8 Å². The standard InChI is InChI=1S/C34H36Br2N2O6/c1-7-42-30(39)19-38-27-12-10-21(36)16-25(27)34(5,6)29(38)18-23-31(40)22(32(23)41)17-28-33(3,4)24-15-20(35)9-11-26(24)37(28)13-14-44-43-8-2/h9-12,15-18H,7-8,13-14,19H2,1-6H3/p+1. The van der Waals surface area contributed by atoms with Crippen molar-refractivity contribution >= 4 is 60.7 Å². The van der Waals surface area contributed by atoms with Gasteiger partial charge in [0, 0.05) is 50.0 Å². The predicted molar refractivity (Wildman–Crippen MR) is 177 cm³/mol. The second kappa shape index (κ2) is 12.4. The molecule has 5 rings (SSSR count). The minimum absolute atomic E-state index is 0.0125. The fourth-order valence-corrected chi connectivity index (χ4v) is 6.94. The van der Waals surface area contributed by atoms with Gasteiger partial charge in [-0.2, -0.15) is 4.58 Å². The Morgan fingerprint density at radius 3 is 2.30 bits per heavy atom. The molecule has 0 fully saturated rings. The summed E-state index contributed by atoms with van der Waals surface area (Å²) in [7, 11) is 0. The van der Waals surface area contributed by atoms with Gasteiger partial charge in [-0.25, -0.2) is 14.6 Å². The van der Waals surface area contributed by atoms with Crippen molar-refractivity contribution in [3.63, 3.8) is 0 Å². The molecule has 0 radical (unpaired) electrons. The minimum Gasteiger partial charge on any atom is -0.506 e. The van der Waals surface area contributed by atoms with Crippen LogP contribution in [0.15, 0.2) is 80.1 Å². The van der Waals surface area contributed by atoms with E-state index in [0.717, 1.165) is 42.9 Å². The lowest BCUT2D eigenvalue weighted by Gasteiger charge is -2.29. The van der Waals surface area contributed by atoms with E-state index in [2.05, 4.69) is 56.7 Å². The molecule has 1 N–H and O–H groups in total. The molecule has 232 valence electrons. The van der Waals surface area contributed by atoms with Gasteiger partial charge in [0.05, 0.1) is 29.8 Å². The SMILES string of the molecule is CCOOCCN1/C(=C/C2=C(O)C(=C/C3=[N+](CC(=O)OCC)c4ccc(Br)cc4C3(C)C)/C2=O)C(C)(C)c2cc(Br)ccc21. The Morgan fingerprint density at radius 1 is 0.955 bits per heavy atom. The zero-order valence-corrected chi connectivity index (χ0v) is 29.0. The number of esters is 1. The van der Waals surface area contributed by atoms with Gasteiger partial charge in [0.25, 0.3) is 0 Å². The Balaban J connectivity index is 1.57. The highest BCUT2D eigenvalue weighted by atomic mass is 79.9. The molecule has 10 heteroatoms. The van der Waals surface area contributed by atoms with Crippen molar-refractivity contribution in [3.8, 4) is 0 Å². The molecule has 1 aliphatic carbocycles. The maximum Gasteiger partial charge on any atom is 0.372 e. The monoisotopic (exact) mass is 727 g/mol. The Morgan fingerprint density at radius 2 is 1.64 bits per heavy atom. The first-order valence-corrected chi connectivity index (χ1v) is 16.3. The first-order valence-electron chi connectivity index (χ1n) is 14.7. The van der Waals surface area contributed by atoms with Crippen molar-refractivity contribution in [2.45, 2.75) is 52.4 Å². The van der Waals surface area contributed by atoms with Gasteiger partial charge in [0.1, 0.15) is 12.4 Å². The van der Waals surface area contributed by atoms with E-state index in [4.69, 9.17) is 14.5 Å². The fraction of sp³-hybridized carbons (Fsp3) is 0.382. The van der Waals surface area contributed by atoms with Gasteiger partial charge in [-0.05, 0) is 69.7 Å². The Hall–Kier alpha value is -3.05. The molecule has 0 saturated carbocycles. The molecule has 0 unspecified atom stereocenters. The quantitative estimate of drug-likeness (QED) is 0.0696. The van der Waals surface area contributed by atoms with Crippen LogP contribution in [0.5, 0.6) is 0 Å². The molecule has 0 aromatic heterocycles. The van der Waals surface area contributed by atoms with Crippen LogP contribution in [0.3, 0.4) is 0 Å². The van der Waals surface area contributed by atoms with Gasteiger partial charge >= 0.3 is 5.97 Å². The third kappa shape index (κ3) is 5.62.